The van der Waals surface area contributed by atoms with E-state index in [2.05, 4.69) is 5.32 Å². The number of anilines is 1. The molecule has 0 saturated carbocycles. The number of carbonyl (C=O) groups excluding carboxylic acids is 2. The van der Waals surface area contributed by atoms with Crippen molar-refractivity contribution in [1.29, 1.82) is 0 Å². The van der Waals surface area contributed by atoms with Crippen molar-refractivity contribution < 1.29 is 14.0 Å². The SMILES string of the molecule is Cc1c(N)cc(C(=O)N2CCNC(=O)C2(C)C)cc1F. The molecule has 1 heterocycles. The fourth-order valence-corrected chi connectivity index (χ4v) is 2.23. The summed E-state index contributed by atoms with van der Waals surface area (Å²) in [6, 6.07) is 2.61. The number of amides is 2. The average molecular weight is 279 g/mol. The molecule has 0 unspecified atom stereocenters. The molecule has 0 spiro atoms. The number of halogens is 1. The van der Waals surface area contributed by atoms with E-state index in [1.807, 2.05) is 0 Å². The van der Waals surface area contributed by atoms with E-state index in [1.54, 1.807) is 20.8 Å². The Morgan fingerprint density at radius 2 is 2.10 bits per heavy atom. The van der Waals surface area contributed by atoms with E-state index in [1.165, 1.54) is 11.0 Å². The molecule has 0 bridgehead atoms. The van der Waals surface area contributed by atoms with Gasteiger partial charge in [-0.3, -0.25) is 9.59 Å². The normalized spacial score (nSPS) is 17.8. The van der Waals surface area contributed by atoms with E-state index in [9.17, 15) is 14.0 Å². The van der Waals surface area contributed by atoms with Crippen LogP contribution in [0.2, 0.25) is 0 Å². The Morgan fingerprint density at radius 3 is 2.70 bits per heavy atom. The number of nitrogens with zero attached hydrogens (tertiary/aromatic N) is 1. The standard InChI is InChI=1S/C14H18FN3O2/c1-8-10(15)6-9(7-11(8)16)12(19)18-5-4-17-13(20)14(18,2)3/h6-7H,4-5,16H2,1-3H3,(H,17,20). The van der Waals surface area contributed by atoms with Gasteiger partial charge in [-0.1, -0.05) is 0 Å². The second kappa shape index (κ2) is 4.77. The molecule has 2 rings (SSSR count). The van der Waals surface area contributed by atoms with Crippen LogP contribution in [0.4, 0.5) is 10.1 Å². The molecule has 108 valence electrons. The highest BCUT2D eigenvalue weighted by atomic mass is 19.1. The molecule has 1 aliphatic heterocycles. The number of nitrogens with two attached hydrogens (primary N) is 1. The molecule has 0 radical (unpaired) electrons. The van der Waals surface area contributed by atoms with E-state index >= 15 is 0 Å². The van der Waals surface area contributed by atoms with Crippen LogP contribution in [0.25, 0.3) is 0 Å². The highest BCUT2D eigenvalue weighted by Gasteiger charge is 2.40. The van der Waals surface area contributed by atoms with Crippen molar-refractivity contribution in [2.75, 3.05) is 18.8 Å². The van der Waals surface area contributed by atoms with Gasteiger partial charge in [-0.15, -0.1) is 0 Å². The maximum absolute atomic E-state index is 13.7. The molecular formula is C14H18FN3O2. The van der Waals surface area contributed by atoms with E-state index < -0.39 is 17.3 Å². The summed E-state index contributed by atoms with van der Waals surface area (Å²) in [6.45, 7) is 5.64. The fourth-order valence-electron chi connectivity index (χ4n) is 2.23. The molecular weight excluding hydrogens is 261 g/mol. The molecule has 1 aliphatic rings. The first-order valence-electron chi connectivity index (χ1n) is 6.41. The van der Waals surface area contributed by atoms with Crippen molar-refractivity contribution in [2.45, 2.75) is 26.3 Å². The first-order valence-corrected chi connectivity index (χ1v) is 6.41. The van der Waals surface area contributed by atoms with Crippen molar-refractivity contribution in [3.63, 3.8) is 0 Å². The maximum atomic E-state index is 13.7. The van der Waals surface area contributed by atoms with E-state index in [-0.39, 0.29) is 17.2 Å². The van der Waals surface area contributed by atoms with Crippen LogP contribution in [0.5, 0.6) is 0 Å². The number of carbonyl (C=O) groups is 2. The molecule has 3 N–H and O–H groups in total. The summed E-state index contributed by atoms with van der Waals surface area (Å²) in [6.07, 6.45) is 0. The summed E-state index contributed by atoms with van der Waals surface area (Å²) in [5.74, 6) is -1.14. The van der Waals surface area contributed by atoms with Crippen LogP contribution >= 0.6 is 0 Å². The third kappa shape index (κ3) is 2.21. The van der Waals surface area contributed by atoms with Crippen molar-refractivity contribution in [3.8, 4) is 0 Å². The van der Waals surface area contributed by atoms with E-state index in [4.69, 9.17) is 5.73 Å². The van der Waals surface area contributed by atoms with Crippen LogP contribution in [0, 0.1) is 12.7 Å². The van der Waals surface area contributed by atoms with Gasteiger partial charge >= 0.3 is 0 Å². The quantitative estimate of drug-likeness (QED) is 0.755. The second-order valence-electron chi connectivity index (χ2n) is 5.44. The summed E-state index contributed by atoms with van der Waals surface area (Å²) in [4.78, 5) is 25.8. The van der Waals surface area contributed by atoms with Crippen LogP contribution in [0.3, 0.4) is 0 Å². The highest BCUT2D eigenvalue weighted by molar-refractivity contribution is 6.00. The monoisotopic (exact) mass is 279 g/mol. The van der Waals surface area contributed by atoms with Crippen molar-refractivity contribution in [1.82, 2.24) is 10.2 Å². The van der Waals surface area contributed by atoms with Gasteiger partial charge in [0.2, 0.25) is 5.91 Å². The summed E-state index contributed by atoms with van der Waals surface area (Å²) in [5, 5.41) is 2.71. The molecule has 6 heteroatoms. The Morgan fingerprint density at radius 1 is 1.45 bits per heavy atom. The third-order valence-electron chi connectivity index (χ3n) is 3.73. The summed E-state index contributed by atoms with van der Waals surface area (Å²) in [7, 11) is 0. The van der Waals surface area contributed by atoms with Crippen LogP contribution in [0.1, 0.15) is 29.8 Å². The zero-order valence-corrected chi connectivity index (χ0v) is 11.8. The lowest BCUT2D eigenvalue weighted by atomic mass is 9.97. The highest BCUT2D eigenvalue weighted by Crippen LogP contribution is 2.23. The number of hydrogen-bond acceptors (Lipinski definition) is 3. The van der Waals surface area contributed by atoms with Gasteiger partial charge in [0.05, 0.1) is 0 Å². The smallest absolute Gasteiger partial charge is 0.254 e. The average Bonchev–Trinajstić information content (AvgIpc) is 2.37. The molecule has 2 amide bonds. The van der Waals surface area contributed by atoms with Crippen LogP contribution in [-0.2, 0) is 4.79 Å². The summed E-state index contributed by atoms with van der Waals surface area (Å²) < 4.78 is 13.7. The minimum absolute atomic E-state index is 0.161. The molecule has 0 aromatic heterocycles. The molecule has 5 nitrogen and oxygen atoms in total. The minimum atomic E-state index is -0.967. The Labute approximate surface area is 116 Å². The van der Waals surface area contributed by atoms with E-state index in [0.717, 1.165) is 6.07 Å². The fraction of sp³-hybridized carbons (Fsp3) is 0.429. The molecule has 1 aromatic rings. The molecule has 0 atom stereocenters. The predicted octanol–water partition coefficient (Wildman–Crippen LogP) is 1.07. The molecule has 1 fully saturated rings. The Kier molecular flexibility index (Phi) is 3.41. The first kappa shape index (κ1) is 14.3. The second-order valence-corrected chi connectivity index (χ2v) is 5.44. The molecule has 20 heavy (non-hydrogen) atoms. The zero-order valence-electron chi connectivity index (χ0n) is 11.8. The predicted molar refractivity (Wildman–Crippen MR) is 73.7 cm³/mol. The summed E-state index contributed by atoms with van der Waals surface area (Å²) in [5.41, 5.74) is 5.43. The number of nitrogens with one attached hydrogen (secondary N) is 1. The minimum Gasteiger partial charge on any atom is -0.398 e. The van der Waals surface area contributed by atoms with Gasteiger partial charge in [0.1, 0.15) is 11.4 Å². The third-order valence-corrected chi connectivity index (χ3v) is 3.73. The summed E-state index contributed by atoms with van der Waals surface area (Å²) >= 11 is 0. The van der Waals surface area contributed by atoms with Crippen molar-refractivity contribution in [2.24, 2.45) is 0 Å². The molecule has 0 aliphatic carbocycles. The Bertz CT molecular complexity index is 561. The lowest BCUT2D eigenvalue weighted by molar-refractivity contribution is -0.133. The van der Waals surface area contributed by atoms with Gasteiger partial charge in [-0.2, -0.15) is 0 Å². The lowest BCUT2D eigenvalue weighted by Crippen LogP contribution is -2.63. The number of piperazine rings is 1. The number of nitrogen functional groups attached to an aromatic ring is 1. The first-order chi connectivity index (χ1) is 9.25. The van der Waals surface area contributed by atoms with Crippen molar-refractivity contribution >= 4 is 17.5 Å². The van der Waals surface area contributed by atoms with Crippen LogP contribution in [0.15, 0.2) is 12.1 Å². The van der Waals surface area contributed by atoms with Gasteiger partial charge < -0.3 is 16.0 Å². The van der Waals surface area contributed by atoms with Gasteiger partial charge in [-0.25, -0.2) is 4.39 Å². The van der Waals surface area contributed by atoms with Gasteiger partial charge in [-0.05, 0) is 32.9 Å². The van der Waals surface area contributed by atoms with Gasteiger partial charge in [0, 0.05) is 29.9 Å². The van der Waals surface area contributed by atoms with Crippen molar-refractivity contribution in [3.05, 3.63) is 29.1 Å². The molecule has 1 saturated heterocycles. The Balaban J connectivity index is 2.38. The number of rotatable bonds is 1. The van der Waals surface area contributed by atoms with Crippen LogP contribution < -0.4 is 11.1 Å². The topological polar surface area (TPSA) is 75.4 Å². The number of hydrogen-bond donors (Lipinski definition) is 2. The lowest BCUT2D eigenvalue weighted by Gasteiger charge is -2.41. The van der Waals surface area contributed by atoms with Gasteiger partial charge in [0.15, 0.2) is 0 Å². The number of benzene rings is 1. The molecule has 1 aromatic carbocycles. The Hall–Kier alpha value is -2.11. The zero-order chi connectivity index (χ0) is 15.1. The largest absolute Gasteiger partial charge is 0.398 e. The van der Waals surface area contributed by atoms with Gasteiger partial charge in [0.25, 0.3) is 5.91 Å². The van der Waals surface area contributed by atoms with E-state index in [0.29, 0.717) is 18.7 Å². The van der Waals surface area contributed by atoms with Crippen LogP contribution in [-0.4, -0.2) is 35.3 Å². The maximum Gasteiger partial charge on any atom is 0.254 e.